The lowest BCUT2D eigenvalue weighted by Crippen LogP contribution is -1.95. The second kappa shape index (κ2) is 5.79. The molecule has 0 nitrogen and oxygen atoms in total. The molecule has 0 heteroatoms. The first-order valence-corrected chi connectivity index (χ1v) is 29.2. The SMILES string of the molecule is c12c3c4c5c6c1c1c7c8c2c2c3c3c9c4c4c5c5c%10c%11c%12c%13c%14c%15c%12c%12c%16c%17c%18c%19c%20c%21c%17c%17c%22c%21c%21c%23c%20c%20c%19c%19c%24c%18c%16c%15c%15c%24c%16c(c7c%15c%14c1c6c%135)c8c1c2c2c3c3c(c%21c5c%22c(c%11c%17%12)c%10c4c5c93)c%23c2c%20c1c%19%16. The van der Waals surface area contributed by atoms with Crippen LogP contribution in [0.25, 0.3) is 420 Å². The summed E-state index contributed by atoms with van der Waals surface area (Å²) in [6, 6.07) is 0. The molecule has 0 saturated heterocycles. The lowest BCUT2D eigenvalue weighted by Gasteiger charge is -2.24. The zero-order valence-corrected chi connectivity index (χ0v) is 39.0. The molecule has 41 aromatic carbocycles. The number of hydrogen-bond acceptors (Lipinski definition) is 0. The lowest BCUT2D eigenvalue weighted by molar-refractivity contribution is 2.10. The first-order valence-electron chi connectivity index (χ1n) is 29.2. The number of benzene rings is 29. The molecule has 0 spiro atoms. The van der Waals surface area contributed by atoms with Gasteiger partial charge in [-0.15, -0.1) is 0 Å². The Labute approximate surface area is 417 Å². The van der Waals surface area contributed by atoms with E-state index in [4.69, 9.17) is 0 Å². The molecule has 0 radical (unpaired) electrons. The molecule has 0 unspecified atom stereocenters. The number of rotatable bonds is 0. The lowest BCUT2D eigenvalue weighted by atomic mass is 9.77. The maximum atomic E-state index is 1.67. The molecular weight excluding hydrogens is 937 g/mol. The molecule has 78 heavy (non-hydrogen) atoms. The molecule has 0 saturated carbocycles. The van der Waals surface area contributed by atoms with Crippen LogP contribution in [0, 0.1) is 0 Å². The Morgan fingerprint density at radius 2 is 0.0385 bits per heavy atom. The summed E-state index contributed by atoms with van der Waals surface area (Å²) in [5.41, 5.74) is 0. The van der Waals surface area contributed by atoms with Crippen LogP contribution in [0.5, 0.6) is 0 Å². The van der Waals surface area contributed by atoms with E-state index in [-0.39, 0.29) is 0 Å². The minimum atomic E-state index is 1.67. The second-order valence-corrected chi connectivity index (χ2v) is 29.2. The van der Waals surface area contributed by atoms with Crippen molar-refractivity contribution in [3.63, 3.8) is 0 Å². The largest absolute Gasteiger partial charge is 0 e. The molecule has 0 aliphatic rings. The Hall–Kier alpha value is -10.1. The van der Waals surface area contributed by atoms with E-state index in [1.165, 1.54) is 0 Å². The molecule has 0 atom stereocenters. The van der Waals surface area contributed by atoms with Crippen molar-refractivity contribution < 1.29 is 0 Å². The first kappa shape index (κ1) is 26.6. The standard InChI is InChI=1S/C78/c1-2-6-14-30-22-10(2)26-25-9(1)21-29-13-5(1)17-18(6)38-34(14)58-72-50(30)66-42(22)54-46(26)69-45(25)53-41(21)65-49(29)71-57-33(13)37(17)61-62(38)78-64-40-20-8-4-3-7-15-31-23-11(3)27-28-12(4)24-32-16(8)36(40)60(76(58)78)74(72)52(32)68(66)44(24)56(54)48(28)70(69)47(27)55(53)43(23)67(65)51(31)73(71)59-35(15)39(19(7)20)63(64)77(61)75(57)59. The Balaban J connectivity index is 1.20. The zero-order valence-electron chi connectivity index (χ0n) is 39.0. The summed E-state index contributed by atoms with van der Waals surface area (Å²) in [4.78, 5) is 0. The van der Waals surface area contributed by atoms with Crippen LogP contribution in [-0.2, 0) is 0 Å². The maximum absolute atomic E-state index is 1.67. The topological polar surface area (TPSA) is 0 Å². The van der Waals surface area contributed by atoms with Crippen LogP contribution < -0.4 is 0 Å². The van der Waals surface area contributed by atoms with Crippen molar-refractivity contribution in [2.24, 2.45) is 0 Å². The van der Waals surface area contributed by atoms with Gasteiger partial charge in [-0.25, -0.2) is 0 Å². The van der Waals surface area contributed by atoms with Gasteiger partial charge < -0.3 is 0 Å². The highest BCUT2D eigenvalue weighted by Gasteiger charge is 2.52. The van der Waals surface area contributed by atoms with E-state index < -0.39 is 0 Å². The molecule has 0 aromatic heterocycles. The Bertz CT molecular complexity index is 8680. The van der Waals surface area contributed by atoms with E-state index in [9.17, 15) is 0 Å². The van der Waals surface area contributed by atoms with Crippen molar-refractivity contribution in [1.29, 1.82) is 0 Å². The second-order valence-electron chi connectivity index (χ2n) is 29.2. The van der Waals surface area contributed by atoms with Crippen LogP contribution in [0.1, 0.15) is 0 Å². The predicted octanol–water partition coefficient (Wildman–Crippen LogP) is 23.0. The Morgan fingerprint density at radius 1 is 0.0256 bits per heavy atom. The third kappa shape index (κ3) is 1.32. The fourth-order valence-electron chi connectivity index (χ4n) is 29.2. The third-order valence-electron chi connectivity index (χ3n) is 29.2. The van der Waals surface area contributed by atoms with Gasteiger partial charge in [-0.1, -0.05) is 0 Å². The molecule has 0 amide bonds. The molecule has 0 fully saturated rings. The quantitative estimate of drug-likeness (QED) is 0.105. The summed E-state index contributed by atoms with van der Waals surface area (Å²) in [5, 5.41) is 130. The Morgan fingerprint density at radius 3 is 0.0513 bits per heavy atom. The molecule has 41 rings (SSSR count). The van der Waals surface area contributed by atoms with E-state index in [1.54, 1.807) is 420 Å². The van der Waals surface area contributed by atoms with Crippen molar-refractivity contribution in [2.45, 2.75) is 0 Å². The molecule has 312 valence electrons. The summed E-state index contributed by atoms with van der Waals surface area (Å²) in [6.07, 6.45) is 0. The zero-order chi connectivity index (χ0) is 45.0. The average Bonchev–Trinajstić information content (AvgIpc) is 2.35. The van der Waals surface area contributed by atoms with E-state index in [0.29, 0.717) is 0 Å². The molecule has 0 heterocycles. The van der Waals surface area contributed by atoms with Gasteiger partial charge in [0.1, 0.15) is 0 Å². The smallest absolute Gasteiger partial charge is 0 e. The summed E-state index contributed by atoms with van der Waals surface area (Å²) < 4.78 is 0. The van der Waals surface area contributed by atoms with Crippen molar-refractivity contribution in [3.05, 3.63) is 0 Å². The van der Waals surface area contributed by atoms with Gasteiger partial charge in [0.15, 0.2) is 0 Å². The maximum Gasteiger partial charge on any atom is 0 e. The van der Waals surface area contributed by atoms with E-state index in [0.717, 1.165) is 0 Å². The van der Waals surface area contributed by atoms with Crippen molar-refractivity contribution in [1.82, 2.24) is 0 Å². The van der Waals surface area contributed by atoms with Crippen LogP contribution in [0.4, 0.5) is 0 Å². The van der Waals surface area contributed by atoms with Crippen molar-refractivity contribution in [3.8, 4) is 0 Å². The molecule has 0 bridgehead atoms. The highest BCUT2D eigenvalue weighted by atomic mass is 14.5. The van der Waals surface area contributed by atoms with Crippen LogP contribution in [-0.4, -0.2) is 0 Å². The minimum absolute atomic E-state index is 1.67. The van der Waals surface area contributed by atoms with E-state index >= 15 is 0 Å². The van der Waals surface area contributed by atoms with Crippen LogP contribution >= 0.6 is 0 Å². The molecule has 0 N–H and O–H groups in total. The van der Waals surface area contributed by atoms with Gasteiger partial charge in [-0.2, -0.15) is 0 Å². The van der Waals surface area contributed by atoms with Crippen LogP contribution in [0.15, 0.2) is 0 Å². The van der Waals surface area contributed by atoms with Gasteiger partial charge in [-0.3, -0.25) is 0 Å². The van der Waals surface area contributed by atoms with Crippen LogP contribution in [0.2, 0.25) is 0 Å². The van der Waals surface area contributed by atoms with E-state index in [1.807, 2.05) is 0 Å². The van der Waals surface area contributed by atoms with Gasteiger partial charge in [0, 0.05) is 420 Å². The van der Waals surface area contributed by atoms with Gasteiger partial charge >= 0.3 is 0 Å². The average molecular weight is 937 g/mol. The summed E-state index contributed by atoms with van der Waals surface area (Å²) in [5.74, 6) is 0. The van der Waals surface area contributed by atoms with Gasteiger partial charge in [0.05, 0.1) is 0 Å². The van der Waals surface area contributed by atoms with Gasteiger partial charge in [-0.05, 0) is 0 Å². The fraction of sp³-hybridized carbons (Fsp3) is 0. The number of hydrogen-bond donors (Lipinski definition) is 0. The van der Waals surface area contributed by atoms with Gasteiger partial charge in [0.2, 0.25) is 0 Å². The third-order valence-corrected chi connectivity index (χ3v) is 29.2. The van der Waals surface area contributed by atoms with Crippen LogP contribution in [0.3, 0.4) is 0 Å². The fourth-order valence-corrected chi connectivity index (χ4v) is 29.2. The highest BCUT2D eigenvalue weighted by molar-refractivity contribution is 6.87. The molecule has 0 aliphatic heterocycles. The molecule has 0 aliphatic carbocycles. The summed E-state index contributed by atoms with van der Waals surface area (Å²) >= 11 is 0. The Kier molecular flexibility index (Phi) is 1.97. The monoisotopic (exact) mass is 936 g/mol. The van der Waals surface area contributed by atoms with E-state index in [2.05, 4.69) is 0 Å². The molecular formula is C78. The first-order chi connectivity index (χ1) is 39.0. The normalized spacial score (nSPS) is 18.0. The van der Waals surface area contributed by atoms with Crippen molar-refractivity contribution >= 4 is 420 Å². The van der Waals surface area contributed by atoms with Crippen molar-refractivity contribution in [2.75, 3.05) is 0 Å². The predicted molar refractivity (Wildman–Crippen MR) is 339 cm³/mol. The highest BCUT2D eigenvalue weighted by Crippen LogP contribution is 2.82. The summed E-state index contributed by atoms with van der Waals surface area (Å²) in [7, 11) is 0. The molecule has 41 aromatic rings. The van der Waals surface area contributed by atoms with Gasteiger partial charge in [0.25, 0.3) is 0 Å². The minimum Gasteiger partial charge on any atom is 0 e. The summed E-state index contributed by atoms with van der Waals surface area (Å²) in [6.45, 7) is 0.